The van der Waals surface area contributed by atoms with Crippen molar-refractivity contribution in [3.05, 3.63) is 0 Å². The van der Waals surface area contributed by atoms with Gasteiger partial charge < -0.3 is 9.05 Å². The fraction of sp³-hybridized carbons (Fsp3) is 1.00. The van der Waals surface area contributed by atoms with Crippen LogP contribution in [0.2, 0.25) is 0 Å². The Morgan fingerprint density at radius 1 is 1.00 bits per heavy atom. The number of hydrogen-bond acceptors (Lipinski definition) is 3. The summed E-state index contributed by atoms with van der Waals surface area (Å²) in [6.07, 6.45) is 0. The molecule has 14 heavy (non-hydrogen) atoms. The van der Waals surface area contributed by atoms with Gasteiger partial charge in [-0.15, -0.1) is 23.2 Å². The van der Waals surface area contributed by atoms with Crippen LogP contribution in [0.4, 0.5) is 0 Å². The lowest BCUT2D eigenvalue weighted by atomic mass is 10.9. The maximum absolute atomic E-state index is 11.8. The van der Waals surface area contributed by atoms with Gasteiger partial charge in [0.25, 0.3) is 3.53 Å². The Morgan fingerprint density at radius 2 is 1.36 bits per heavy atom. The molecule has 0 heterocycles. The first-order valence-corrected chi connectivity index (χ1v) is 7.20. The summed E-state index contributed by atoms with van der Waals surface area (Å²) in [7, 11) is -3.81. The first-order valence-electron chi connectivity index (χ1n) is 3.45. The molecule has 0 aromatic rings. The van der Waals surface area contributed by atoms with E-state index in [2.05, 4.69) is 0 Å². The molecule has 3 nitrogen and oxygen atoms in total. The molecule has 0 aliphatic carbocycles. The van der Waals surface area contributed by atoms with Gasteiger partial charge in [-0.2, -0.15) is 0 Å². The smallest absolute Gasteiger partial charge is 0.304 e. The van der Waals surface area contributed by atoms with Crippen LogP contribution in [0.5, 0.6) is 0 Å². The van der Waals surface area contributed by atoms with Crippen LogP contribution in [0.15, 0.2) is 0 Å². The molecule has 0 saturated carbocycles. The summed E-state index contributed by atoms with van der Waals surface area (Å²) in [4.78, 5) is 0. The third-order valence-corrected chi connectivity index (χ3v) is 4.83. The Balaban J connectivity index is 4.43. The molecule has 0 spiro atoms. The van der Waals surface area contributed by atoms with Gasteiger partial charge in [0.2, 0.25) is 0 Å². The molecule has 0 aromatic carbocycles. The van der Waals surface area contributed by atoms with E-state index in [1.165, 1.54) is 0 Å². The fourth-order valence-electron chi connectivity index (χ4n) is 0.493. The highest BCUT2D eigenvalue weighted by molar-refractivity contribution is 7.62. The van der Waals surface area contributed by atoms with Crippen molar-refractivity contribution >= 4 is 65.6 Å². The van der Waals surface area contributed by atoms with E-state index in [9.17, 15) is 4.57 Å². The molecule has 0 amide bonds. The molecule has 0 aliphatic heterocycles. The van der Waals surface area contributed by atoms with Gasteiger partial charge in [0.15, 0.2) is 0 Å². The summed E-state index contributed by atoms with van der Waals surface area (Å²) in [5, 5.41) is 0. The largest absolute Gasteiger partial charge is 0.381 e. The monoisotopic (exact) mass is 322 g/mol. The molecule has 0 unspecified atom stereocenters. The zero-order valence-electron chi connectivity index (χ0n) is 6.89. The molecule has 0 bridgehead atoms. The van der Waals surface area contributed by atoms with Gasteiger partial charge in [0.1, 0.15) is 0 Å². The molecule has 0 radical (unpaired) electrons. The van der Waals surface area contributed by atoms with Gasteiger partial charge in [-0.25, -0.2) is 0 Å². The van der Waals surface area contributed by atoms with E-state index in [1.807, 2.05) is 0 Å². The lowest BCUT2D eigenvalue weighted by Crippen LogP contribution is -2.12. The Hall–Kier alpha value is 1.60. The second kappa shape index (κ2) is 7.03. The predicted octanol–water partition coefficient (Wildman–Crippen LogP) is 4.02. The van der Waals surface area contributed by atoms with E-state index < -0.39 is 11.1 Å². The predicted molar refractivity (Wildman–Crippen MR) is 61.2 cm³/mol. The highest BCUT2D eigenvalue weighted by Crippen LogP contribution is 2.66. The number of alkyl halides is 5. The average molecular weight is 324 g/mol. The van der Waals surface area contributed by atoms with Crippen LogP contribution in [0.3, 0.4) is 0 Å². The average Bonchev–Trinajstić information content (AvgIpc) is 2.09. The zero-order chi connectivity index (χ0) is 11.2. The van der Waals surface area contributed by atoms with Crippen LogP contribution in [0, 0.1) is 0 Å². The quantitative estimate of drug-likeness (QED) is 0.547. The van der Waals surface area contributed by atoms with Crippen LogP contribution in [0.1, 0.15) is 0 Å². The van der Waals surface area contributed by atoms with Crippen LogP contribution >= 0.6 is 65.6 Å². The van der Waals surface area contributed by atoms with Crippen molar-refractivity contribution in [3.8, 4) is 0 Å². The molecular weight excluding hydrogens is 316 g/mol. The minimum Gasteiger partial charge on any atom is -0.304 e. The Morgan fingerprint density at radius 3 is 1.57 bits per heavy atom. The molecule has 0 N–H and O–H groups in total. The topological polar surface area (TPSA) is 35.5 Å². The van der Waals surface area contributed by atoms with Crippen LogP contribution in [-0.4, -0.2) is 28.5 Å². The summed E-state index contributed by atoms with van der Waals surface area (Å²) < 4.78 is 19.2. The maximum Gasteiger partial charge on any atom is 0.381 e. The number of rotatable bonds is 6. The highest BCUT2D eigenvalue weighted by Gasteiger charge is 2.47. The molecule has 0 rings (SSSR count). The fourth-order valence-corrected chi connectivity index (χ4v) is 2.77. The third kappa shape index (κ3) is 5.09. The maximum atomic E-state index is 11.8. The zero-order valence-corrected chi connectivity index (χ0v) is 11.6. The first kappa shape index (κ1) is 15.6. The lowest BCUT2D eigenvalue weighted by Gasteiger charge is -2.23. The minimum atomic E-state index is -3.81. The molecule has 0 fully saturated rings. The van der Waals surface area contributed by atoms with Gasteiger partial charge in [-0.1, -0.05) is 34.8 Å². The normalized spacial score (nSPS) is 13.2. The van der Waals surface area contributed by atoms with E-state index in [1.54, 1.807) is 0 Å². The van der Waals surface area contributed by atoms with Crippen molar-refractivity contribution in [1.82, 2.24) is 0 Å². The van der Waals surface area contributed by atoms with Crippen molar-refractivity contribution in [2.45, 2.75) is 3.53 Å². The highest BCUT2D eigenvalue weighted by atomic mass is 35.6. The number of hydrogen-bond donors (Lipinski definition) is 0. The van der Waals surface area contributed by atoms with Crippen molar-refractivity contribution in [3.63, 3.8) is 0 Å². The third-order valence-electron chi connectivity index (χ3n) is 0.987. The van der Waals surface area contributed by atoms with Crippen LogP contribution < -0.4 is 0 Å². The standard InChI is InChI=1S/C5H8Cl5O3P/c6-1-3-12-14(11,5(8,9)10)13-4-2-7/h1-4H2. The van der Waals surface area contributed by atoms with Gasteiger partial charge in [0.05, 0.1) is 13.2 Å². The molecule has 86 valence electrons. The molecular formula is C5H8Cl5O3P. The second-order valence-electron chi connectivity index (χ2n) is 2.01. The molecule has 0 saturated heterocycles. The van der Waals surface area contributed by atoms with E-state index in [4.69, 9.17) is 67.1 Å². The van der Waals surface area contributed by atoms with Crippen LogP contribution in [0.25, 0.3) is 0 Å². The van der Waals surface area contributed by atoms with Gasteiger partial charge in [0, 0.05) is 11.8 Å². The Bertz CT molecular complexity index is 194. The van der Waals surface area contributed by atoms with E-state index in [0.29, 0.717) is 0 Å². The molecule has 0 aromatic heterocycles. The van der Waals surface area contributed by atoms with Crippen LogP contribution in [-0.2, 0) is 13.6 Å². The summed E-state index contributed by atoms with van der Waals surface area (Å²) in [6.45, 7) is -0.0654. The summed E-state index contributed by atoms with van der Waals surface area (Å²) >= 11 is 27.0. The molecule has 0 aliphatic rings. The van der Waals surface area contributed by atoms with Gasteiger partial charge in [-0.05, 0) is 0 Å². The summed E-state index contributed by atoms with van der Waals surface area (Å²) in [5.74, 6) is 0.240. The van der Waals surface area contributed by atoms with E-state index >= 15 is 0 Å². The van der Waals surface area contributed by atoms with E-state index in [-0.39, 0.29) is 25.0 Å². The second-order valence-corrected chi connectivity index (χ2v) is 8.02. The minimum absolute atomic E-state index is 0.0327. The van der Waals surface area contributed by atoms with Gasteiger partial charge in [-0.3, -0.25) is 4.57 Å². The number of halogens is 5. The SMILES string of the molecule is O=P(OCCCl)(OCCCl)C(Cl)(Cl)Cl. The Kier molecular flexibility index (Phi) is 7.83. The summed E-state index contributed by atoms with van der Waals surface area (Å²) in [5.41, 5.74) is 0. The van der Waals surface area contributed by atoms with Crippen molar-refractivity contribution in [2.75, 3.05) is 25.0 Å². The van der Waals surface area contributed by atoms with Gasteiger partial charge >= 0.3 is 7.60 Å². The van der Waals surface area contributed by atoms with Crippen molar-refractivity contribution in [2.24, 2.45) is 0 Å². The van der Waals surface area contributed by atoms with E-state index in [0.717, 1.165) is 0 Å². The Labute approximate surface area is 107 Å². The van der Waals surface area contributed by atoms with Crippen molar-refractivity contribution < 1.29 is 13.6 Å². The van der Waals surface area contributed by atoms with Crippen molar-refractivity contribution in [1.29, 1.82) is 0 Å². The molecule has 9 heteroatoms. The lowest BCUT2D eigenvalue weighted by molar-refractivity contribution is 0.222. The summed E-state index contributed by atoms with van der Waals surface area (Å²) in [6, 6.07) is 0. The molecule has 0 atom stereocenters. The first-order chi connectivity index (χ1) is 6.37.